The molecule has 1 aromatic carbocycles. The molecule has 0 spiro atoms. The maximum absolute atomic E-state index is 9.03. The van der Waals surface area contributed by atoms with Crippen molar-refractivity contribution in [2.45, 2.75) is 13.5 Å². The molecule has 6 nitrogen and oxygen atoms in total. The maximum atomic E-state index is 9.03. The van der Waals surface area contributed by atoms with E-state index in [1.807, 2.05) is 37.3 Å². The largest absolute Gasteiger partial charge is 0.357 e. The molecular weight excluding hydrogens is 320 g/mol. The lowest BCUT2D eigenvalue weighted by molar-refractivity contribution is 0.936. The van der Waals surface area contributed by atoms with Crippen LogP contribution in [-0.4, -0.2) is 20.4 Å². The fourth-order valence-electron chi connectivity index (χ4n) is 1.94. The Labute approximate surface area is 135 Å². The van der Waals surface area contributed by atoms with Crippen LogP contribution in [0.4, 0.5) is 5.13 Å². The highest BCUT2D eigenvalue weighted by Crippen LogP contribution is 2.30. The zero-order valence-electron chi connectivity index (χ0n) is 11.6. The third-order valence-electron chi connectivity index (χ3n) is 3.04. The summed E-state index contributed by atoms with van der Waals surface area (Å²) in [6.45, 7) is 2.59. The Morgan fingerprint density at radius 1 is 1.32 bits per heavy atom. The smallest absolute Gasteiger partial charge is 0.183 e. The Morgan fingerprint density at radius 2 is 2.09 bits per heavy atom. The van der Waals surface area contributed by atoms with Gasteiger partial charge in [0.1, 0.15) is 11.8 Å². The molecule has 0 saturated carbocycles. The van der Waals surface area contributed by atoms with Crippen LogP contribution in [0.5, 0.6) is 0 Å². The van der Waals surface area contributed by atoms with Gasteiger partial charge in [-0.2, -0.15) is 5.26 Å². The lowest BCUT2D eigenvalue weighted by Crippen LogP contribution is -1.98. The lowest BCUT2D eigenvalue weighted by Gasteiger charge is -2.02. The summed E-state index contributed by atoms with van der Waals surface area (Å²) in [6.07, 6.45) is 0. The van der Waals surface area contributed by atoms with E-state index in [-0.39, 0.29) is 0 Å². The van der Waals surface area contributed by atoms with Crippen LogP contribution in [0.2, 0.25) is 5.02 Å². The van der Waals surface area contributed by atoms with Gasteiger partial charge in [-0.05, 0) is 24.6 Å². The normalized spacial score (nSPS) is 10.4. The molecule has 0 amide bonds. The van der Waals surface area contributed by atoms with Crippen LogP contribution in [0.15, 0.2) is 24.3 Å². The van der Waals surface area contributed by atoms with Crippen molar-refractivity contribution in [3.05, 3.63) is 45.4 Å². The summed E-state index contributed by atoms with van der Waals surface area (Å²) in [4.78, 5) is 5.48. The summed E-state index contributed by atoms with van der Waals surface area (Å²) >= 11 is 7.38. The van der Waals surface area contributed by atoms with Crippen LogP contribution in [0.3, 0.4) is 0 Å². The predicted octanol–water partition coefficient (Wildman–Crippen LogP) is 3.37. The molecule has 3 aromatic rings. The van der Waals surface area contributed by atoms with Crippen LogP contribution < -0.4 is 5.32 Å². The first-order valence-electron chi connectivity index (χ1n) is 6.44. The van der Waals surface area contributed by atoms with Gasteiger partial charge in [0, 0.05) is 16.4 Å². The molecule has 0 bridgehead atoms. The summed E-state index contributed by atoms with van der Waals surface area (Å²) in [5.74, 6) is 0. The molecule has 0 aliphatic carbocycles. The van der Waals surface area contributed by atoms with Gasteiger partial charge in [-0.15, -0.1) is 16.4 Å². The third-order valence-corrected chi connectivity index (χ3v) is 4.22. The van der Waals surface area contributed by atoms with E-state index >= 15 is 0 Å². The van der Waals surface area contributed by atoms with Crippen LogP contribution >= 0.6 is 22.9 Å². The van der Waals surface area contributed by atoms with Gasteiger partial charge < -0.3 is 5.32 Å². The van der Waals surface area contributed by atoms with Crippen molar-refractivity contribution >= 4 is 28.1 Å². The van der Waals surface area contributed by atoms with Gasteiger partial charge in [0.2, 0.25) is 0 Å². The molecule has 0 radical (unpaired) electrons. The van der Waals surface area contributed by atoms with Crippen molar-refractivity contribution in [3.8, 4) is 17.5 Å². The highest BCUT2D eigenvalue weighted by Gasteiger charge is 2.16. The first kappa shape index (κ1) is 14.5. The summed E-state index contributed by atoms with van der Waals surface area (Å²) in [5.41, 5.74) is 2.58. The van der Waals surface area contributed by atoms with Crippen LogP contribution in [-0.2, 0) is 6.54 Å². The van der Waals surface area contributed by atoms with E-state index < -0.39 is 0 Å². The average molecular weight is 331 g/mol. The van der Waals surface area contributed by atoms with E-state index in [0.717, 1.165) is 15.6 Å². The van der Waals surface area contributed by atoms with E-state index in [1.165, 1.54) is 11.3 Å². The van der Waals surface area contributed by atoms with Crippen LogP contribution in [0.1, 0.15) is 16.1 Å². The number of thiazole rings is 1. The van der Waals surface area contributed by atoms with Crippen molar-refractivity contribution in [3.63, 3.8) is 0 Å². The molecule has 0 aliphatic rings. The highest BCUT2D eigenvalue weighted by atomic mass is 35.5. The Hall–Kier alpha value is -2.43. The third kappa shape index (κ3) is 2.93. The number of aromatic amines is 1. The quantitative estimate of drug-likeness (QED) is 0.765. The molecule has 2 N–H and O–H groups in total. The van der Waals surface area contributed by atoms with E-state index in [0.29, 0.717) is 28.6 Å². The first-order chi connectivity index (χ1) is 10.7. The van der Waals surface area contributed by atoms with Gasteiger partial charge in [-0.3, -0.25) is 0 Å². The minimum atomic E-state index is 0.317. The first-order valence-corrected chi connectivity index (χ1v) is 7.64. The topological polar surface area (TPSA) is 90.3 Å². The lowest BCUT2D eigenvalue weighted by atomic mass is 10.2. The number of benzene rings is 1. The minimum Gasteiger partial charge on any atom is -0.357 e. The standard InChI is InChI=1S/C14H11ClN6S/c1-8-12(13-11(6-16)19-21-20-13)18-14(22-8)17-7-9-2-4-10(15)5-3-9/h2-5H,7H2,1H3,(H,17,18)(H,19,20,21). The van der Waals surface area contributed by atoms with Crippen molar-refractivity contribution in [2.24, 2.45) is 0 Å². The molecule has 110 valence electrons. The van der Waals surface area contributed by atoms with E-state index in [1.54, 1.807) is 0 Å². The highest BCUT2D eigenvalue weighted by molar-refractivity contribution is 7.15. The molecule has 2 aromatic heterocycles. The van der Waals surface area contributed by atoms with E-state index in [4.69, 9.17) is 16.9 Å². The molecule has 2 heterocycles. The molecule has 0 atom stereocenters. The second-order valence-electron chi connectivity index (χ2n) is 4.55. The fourth-order valence-corrected chi connectivity index (χ4v) is 2.88. The number of rotatable bonds is 4. The number of nitriles is 1. The monoisotopic (exact) mass is 330 g/mol. The van der Waals surface area contributed by atoms with Crippen LogP contribution in [0.25, 0.3) is 11.4 Å². The Kier molecular flexibility index (Phi) is 4.04. The molecule has 3 rings (SSSR count). The molecule has 0 fully saturated rings. The number of H-pyrrole nitrogens is 1. The number of hydrogen-bond donors (Lipinski definition) is 2. The molecule has 0 saturated heterocycles. The van der Waals surface area contributed by atoms with Gasteiger partial charge in [0.15, 0.2) is 16.5 Å². The Balaban J connectivity index is 1.78. The van der Waals surface area contributed by atoms with E-state index in [2.05, 4.69) is 25.7 Å². The van der Waals surface area contributed by atoms with Crippen molar-refractivity contribution < 1.29 is 0 Å². The molecule has 22 heavy (non-hydrogen) atoms. The summed E-state index contributed by atoms with van der Waals surface area (Å²) in [5, 5.41) is 23.9. The fraction of sp³-hybridized carbons (Fsp3) is 0.143. The second kappa shape index (κ2) is 6.13. The summed E-state index contributed by atoms with van der Waals surface area (Å²) in [6, 6.07) is 9.65. The van der Waals surface area contributed by atoms with Gasteiger partial charge in [-0.25, -0.2) is 10.1 Å². The number of halogens is 1. The van der Waals surface area contributed by atoms with Gasteiger partial charge in [0.05, 0.1) is 0 Å². The van der Waals surface area contributed by atoms with Gasteiger partial charge in [-0.1, -0.05) is 28.9 Å². The number of hydrogen-bond acceptors (Lipinski definition) is 6. The van der Waals surface area contributed by atoms with Gasteiger partial charge in [0.25, 0.3) is 0 Å². The minimum absolute atomic E-state index is 0.317. The molecule has 0 aliphatic heterocycles. The Bertz CT molecular complexity index is 830. The SMILES string of the molecule is Cc1sc(NCc2ccc(Cl)cc2)nc1-c1nn[nH]c1C#N. The van der Waals surface area contributed by atoms with Crippen LogP contribution in [0, 0.1) is 18.3 Å². The molecular formula is C14H11ClN6S. The number of anilines is 1. The number of aryl methyl sites for hydroxylation is 1. The molecule has 8 heteroatoms. The van der Waals surface area contributed by atoms with Gasteiger partial charge >= 0.3 is 0 Å². The number of aromatic nitrogens is 4. The Morgan fingerprint density at radius 3 is 2.82 bits per heavy atom. The predicted molar refractivity (Wildman–Crippen MR) is 85.7 cm³/mol. The molecule has 0 unspecified atom stereocenters. The summed E-state index contributed by atoms with van der Waals surface area (Å²) in [7, 11) is 0. The zero-order valence-corrected chi connectivity index (χ0v) is 13.2. The van der Waals surface area contributed by atoms with Crippen molar-refractivity contribution in [2.75, 3.05) is 5.32 Å². The second-order valence-corrected chi connectivity index (χ2v) is 6.19. The number of nitrogens with one attached hydrogen (secondary N) is 2. The maximum Gasteiger partial charge on any atom is 0.183 e. The van der Waals surface area contributed by atoms with E-state index in [9.17, 15) is 0 Å². The van der Waals surface area contributed by atoms with Crippen molar-refractivity contribution in [1.29, 1.82) is 5.26 Å². The number of nitrogens with zero attached hydrogens (tertiary/aromatic N) is 4. The van der Waals surface area contributed by atoms with Crippen molar-refractivity contribution in [1.82, 2.24) is 20.4 Å². The average Bonchev–Trinajstić information content (AvgIpc) is 3.12. The summed E-state index contributed by atoms with van der Waals surface area (Å²) < 4.78 is 0. The zero-order chi connectivity index (χ0) is 15.5.